The first-order chi connectivity index (χ1) is 9.11. The van der Waals surface area contributed by atoms with Gasteiger partial charge in [-0.15, -0.1) is 0 Å². The van der Waals surface area contributed by atoms with Gasteiger partial charge in [-0.2, -0.15) is 0 Å². The number of carboxylic acids is 1. The number of hydrogen-bond donors (Lipinski definition) is 2. The highest BCUT2D eigenvalue weighted by molar-refractivity contribution is 5.92. The SMILES string of the molecule is CC(C)CCCCCCNc1ncncc1C(=O)O. The first kappa shape index (κ1) is 15.4. The molecule has 0 radical (unpaired) electrons. The number of anilines is 1. The van der Waals surface area contributed by atoms with Crippen molar-refractivity contribution in [3.05, 3.63) is 18.1 Å². The first-order valence-electron chi connectivity index (χ1n) is 6.88. The van der Waals surface area contributed by atoms with Crippen LogP contribution in [-0.4, -0.2) is 27.6 Å². The van der Waals surface area contributed by atoms with Gasteiger partial charge >= 0.3 is 5.97 Å². The number of aromatic nitrogens is 2. The van der Waals surface area contributed by atoms with Crippen LogP contribution in [0.4, 0.5) is 5.82 Å². The smallest absolute Gasteiger partial charge is 0.341 e. The topological polar surface area (TPSA) is 75.1 Å². The maximum atomic E-state index is 10.9. The summed E-state index contributed by atoms with van der Waals surface area (Å²) < 4.78 is 0. The fourth-order valence-corrected chi connectivity index (χ4v) is 1.86. The Morgan fingerprint density at radius 2 is 2.05 bits per heavy atom. The summed E-state index contributed by atoms with van der Waals surface area (Å²) in [5.41, 5.74) is 0.127. The molecule has 1 aromatic heterocycles. The Kier molecular flexibility index (Phi) is 6.85. The molecule has 19 heavy (non-hydrogen) atoms. The minimum Gasteiger partial charge on any atom is -0.477 e. The van der Waals surface area contributed by atoms with Crippen LogP contribution < -0.4 is 5.32 Å². The van der Waals surface area contributed by atoms with Crippen LogP contribution in [0, 0.1) is 5.92 Å². The average molecular weight is 265 g/mol. The summed E-state index contributed by atoms with van der Waals surface area (Å²) in [5, 5.41) is 12.0. The lowest BCUT2D eigenvalue weighted by Crippen LogP contribution is -2.10. The fraction of sp³-hybridized carbons (Fsp3) is 0.643. The van der Waals surface area contributed by atoms with E-state index in [1.807, 2.05) is 0 Å². The molecule has 1 aromatic rings. The van der Waals surface area contributed by atoms with Crippen molar-refractivity contribution in [3.63, 3.8) is 0 Å². The lowest BCUT2D eigenvalue weighted by Gasteiger charge is -2.08. The van der Waals surface area contributed by atoms with E-state index in [4.69, 9.17) is 5.11 Å². The highest BCUT2D eigenvalue weighted by atomic mass is 16.4. The van der Waals surface area contributed by atoms with Crippen LogP contribution in [-0.2, 0) is 0 Å². The van der Waals surface area contributed by atoms with E-state index in [2.05, 4.69) is 29.1 Å². The molecule has 0 bridgehead atoms. The molecule has 5 heteroatoms. The van der Waals surface area contributed by atoms with Gasteiger partial charge in [0, 0.05) is 12.7 Å². The van der Waals surface area contributed by atoms with E-state index < -0.39 is 5.97 Å². The van der Waals surface area contributed by atoms with Gasteiger partial charge in [0.1, 0.15) is 17.7 Å². The molecule has 2 N–H and O–H groups in total. The average Bonchev–Trinajstić information content (AvgIpc) is 2.37. The minimum absolute atomic E-state index is 0.127. The second-order valence-corrected chi connectivity index (χ2v) is 5.11. The Morgan fingerprint density at radius 1 is 1.32 bits per heavy atom. The van der Waals surface area contributed by atoms with Crippen LogP contribution in [0.5, 0.6) is 0 Å². The molecule has 0 fully saturated rings. The molecule has 0 spiro atoms. The molecule has 5 nitrogen and oxygen atoms in total. The molecule has 1 rings (SSSR count). The predicted molar refractivity (Wildman–Crippen MR) is 75.4 cm³/mol. The summed E-state index contributed by atoms with van der Waals surface area (Å²) in [6, 6.07) is 0. The molecule has 0 saturated heterocycles. The van der Waals surface area contributed by atoms with Crippen molar-refractivity contribution in [2.75, 3.05) is 11.9 Å². The molecular weight excluding hydrogens is 242 g/mol. The Labute approximate surface area is 114 Å². The molecule has 106 valence electrons. The van der Waals surface area contributed by atoms with Crippen LogP contribution in [0.25, 0.3) is 0 Å². The standard InChI is InChI=1S/C14H23N3O2/c1-11(2)7-5-3-4-6-8-16-13-12(14(18)19)9-15-10-17-13/h9-11H,3-8H2,1-2H3,(H,18,19)(H,15,16,17). The lowest BCUT2D eigenvalue weighted by molar-refractivity contribution is 0.0697. The molecule has 0 aliphatic heterocycles. The summed E-state index contributed by atoms with van der Waals surface area (Å²) in [4.78, 5) is 18.6. The zero-order chi connectivity index (χ0) is 14.1. The third kappa shape index (κ3) is 6.18. The summed E-state index contributed by atoms with van der Waals surface area (Å²) in [6.45, 7) is 5.23. The van der Waals surface area contributed by atoms with Gasteiger partial charge in [-0.25, -0.2) is 14.8 Å². The third-order valence-electron chi connectivity index (χ3n) is 2.94. The molecule has 0 unspecified atom stereocenters. The minimum atomic E-state index is -1.000. The molecule has 0 aromatic carbocycles. The van der Waals surface area contributed by atoms with Crippen molar-refractivity contribution < 1.29 is 9.90 Å². The van der Waals surface area contributed by atoms with Gasteiger partial charge in [0.15, 0.2) is 0 Å². The number of hydrogen-bond acceptors (Lipinski definition) is 4. The highest BCUT2D eigenvalue weighted by Crippen LogP contribution is 2.12. The number of rotatable bonds is 9. The van der Waals surface area contributed by atoms with E-state index in [1.54, 1.807) is 0 Å². The lowest BCUT2D eigenvalue weighted by atomic mass is 10.0. The molecule has 0 atom stereocenters. The fourth-order valence-electron chi connectivity index (χ4n) is 1.86. The Bertz CT molecular complexity index is 394. The van der Waals surface area contributed by atoms with Crippen LogP contribution in [0.3, 0.4) is 0 Å². The summed E-state index contributed by atoms with van der Waals surface area (Å²) in [5.74, 6) is 0.182. The van der Waals surface area contributed by atoms with Crippen molar-refractivity contribution in [1.82, 2.24) is 9.97 Å². The largest absolute Gasteiger partial charge is 0.477 e. The summed E-state index contributed by atoms with van der Waals surface area (Å²) >= 11 is 0. The molecule has 0 aliphatic carbocycles. The maximum Gasteiger partial charge on any atom is 0.341 e. The Hall–Kier alpha value is -1.65. The number of nitrogens with one attached hydrogen (secondary N) is 1. The third-order valence-corrected chi connectivity index (χ3v) is 2.94. The van der Waals surface area contributed by atoms with E-state index in [0.29, 0.717) is 5.82 Å². The number of unbranched alkanes of at least 4 members (excludes halogenated alkanes) is 3. The number of carboxylic acid groups (broad SMARTS) is 1. The van der Waals surface area contributed by atoms with Crippen LogP contribution >= 0.6 is 0 Å². The van der Waals surface area contributed by atoms with Crippen LogP contribution in [0.15, 0.2) is 12.5 Å². The quantitative estimate of drug-likeness (QED) is 0.671. The van der Waals surface area contributed by atoms with Gasteiger partial charge in [0.05, 0.1) is 0 Å². The zero-order valence-electron chi connectivity index (χ0n) is 11.7. The number of aromatic carboxylic acids is 1. The maximum absolute atomic E-state index is 10.9. The van der Waals surface area contributed by atoms with Crippen LogP contribution in [0.1, 0.15) is 56.3 Å². The van der Waals surface area contributed by atoms with Gasteiger partial charge in [-0.05, 0) is 12.3 Å². The van der Waals surface area contributed by atoms with E-state index in [9.17, 15) is 4.79 Å². The van der Waals surface area contributed by atoms with E-state index in [0.717, 1.165) is 25.3 Å². The Balaban J connectivity index is 2.21. The summed E-state index contributed by atoms with van der Waals surface area (Å²) in [7, 11) is 0. The van der Waals surface area contributed by atoms with Gasteiger partial charge in [0.25, 0.3) is 0 Å². The van der Waals surface area contributed by atoms with Gasteiger partial charge < -0.3 is 10.4 Å². The van der Waals surface area contributed by atoms with E-state index in [1.165, 1.54) is 31.8 Å². The monoisotopic (exact) mass is 265 g/mol. The molecule has 0 saturated carbocycles. The molecule has 1 heterocycles. The van der Waals surface area contributed by atoms with Crippen molar-refractivity contribution in [2.45, 2.75) is 46.0 Å². The normalized spacial score (nSPS) is 10.7. The van der Waals surface area contributed by atoms with Crippen LogP contribution in [0.2, 0.25) is 0 Å². The number of nitrogens with zero attached hydrogens (tertiary/aromatic N) is 2. The second kappa shape index (κ2) is 8.45. The van der Waals surface area contributed by atoms with E-state index >= 15 is 0 Å². The van der Waals surface area contributed by atoms with Crippen molar-refractivity contribution >= 4 is 11.8 Å². The molecule has 0 amide bonds. The zero-order valence-corrected chi connectivity index (χ0v) is 11.7. The van der Waals surface area contributed by atoms with Gasteiger partial charge in [0.2, 0.25) is 0 Å². The van der Waals surface area contributed by atoms with Gasteiger partial charge in [-0.1, -0.05) is 39.5 Å². The van der Waals surface area contributed by atoms with Gasteiger partial charge in [-0.3, -0.25) is 0 Å². The van der Waals surface area contributed by atoms with Crippen molar-refractivity contribution in [2.24, 2.45) is 5.92 Å². The Morgan fingerprint density at radius 3 is 2.74 bits per heavy atom. The summed E-state index contributed by atoms with van der Waals surface area (Å²) in [6.07, 6.45) is 8.65. The molecule has 0 aliphatic rings. The number of carbonyl (C=O) groups is 1. The molecular formula is C14H23N3O2. The first-order valence-corrected chi connectivity index (χ1v) is 6.88. The highest BCUT2D eigenvalue weighted by Gasteiger charge is 2.10. The predicted octanol–water partition coefficient (Wildman–Crippen LogP) is 3.19. The van der Waals surface area contributed by atoms with Crippen molar-refractivity contribution in [3.8, 4) is 0 Å². The second-order valence-electron chi connectivity index (χ2n) is 5.11. The van der Waals surface area contributed by atoms with Crippen molar-refractivity contribution in [1.29, 1.82) is 0 Å². The van der Waals surface area contributed by atoms with E-state index in [-0.39, 0.29) is 5.56 Å².